The number of anilines is 1. The van der Waals surface area contributed by atoms with E-state index in [1.807, 2.05) is 0 Å². The first kappa shape index (κ1) is 14.2. The van der Waals surface area contributed by atoms with Gasteiger partial charge in [0.1, 0.15) is 11.5 Å². The molecule has 1 aliphatic carbocycles. The van der Waals surface area contributed by atoms with Crippen molar-refractivity contribution in [2.75, 3.05) is 5.32 Å². The summed E-state index contributed by atoms with van der Waals surface area (Å²) in [6, 6.07) is 8.76. The highest BCUT2D eigenvalue weighted by Gasteiger charge is 2.24. The van der Waals surface area contributed by atoms with E-state index in [1.54, 1.807) is 6.07 Å². The van der Waals surface area contributed by atoms with Crippen molar-refractivity contribution >= 4 is 17.5 Å². The predicted molar refractivity (Wildman–Crippen MR) is 79.1 cm³/mol. The third-order valence-corrected chi connectivity index (χ3v) is 3.25. The van der Waals surface area contributed by atoms with Gasteiger partial charge < -0.3 is 10.6 Å². The highest BCUT2D eigenvalue weighted by Crippen LogP contribution is 2.19. The summed E-state index contributed by atoms with van der Waals surface area (Å²) in [6.07, 6.45) is 3.36. The Morgan fingerprint density at radius 3 is 2.68 bits per heavy atom. The van der Waals surface area contributed by atoms with Crippen LogP contribution in [0.3, 0.4) is 0 Å². The van der Waals surface area contributed by atoms with E-state index in [1.165, 1.54) is 36.5 Å². The zero-order valence-corrected chi connectivity index (χ0v) is 11.7. The van der Waals surface area contributed by atoms with Crippen molar-refractivity contribution < 1.29 is 14.0 Å². The molecule has 1 saturated carbocycles. The number of carbonyl (C=O) groups is 2. The van der Waals surface area contributed by atoms with Crippen molar-refractivity contribution in [1.82, 2.24) is 10.3 Å². The first-order valence-electron chi connectivity index (χ1n) is 6.95. The van der Waals surface area contributed by atoms with Gasteiger partial charge in [-0.05, 0) is 43.2 Å². The zero-order chi connectivity index (χ0) is 15.5. The maximum atomic E-state index is 13.1. The number of carbonyl (C=O) groups excluding carboxylic acids is 2. The van der Waals surface area contributed by atoms with Crippen LogP contribution in [0.4, 0.5) is 10.1 Å². The predicted octanol–water partition coefficient (Wildman–Crippen LogP) is 2.37. The monoisotopic (exact) mass is 299 g/mol. The summed E-state index contributed by atoms with van der Waals surface area (Å²) in [5.74, 6) is -1.14. The van der Waals surface area contributed by atoms with Gasteiger partial charge in [0.2, 0.25) is 0 Å². The van der Waals surface area contributed by atoms with Gasteiger partial charge in [-0.1, -0.05) is 6.07 Å². The summed E-state index contributed by atoms with van der Waals surface area (Å²) in [7, 11) is 0. The Kier molecular flexibility index (Phi) is 3.82. The van der Waals surface area contributed by atoms with Crippen molar-refractivity contribution in [1.29, 1.82) is 0 Å². The Balaban J connectivity index is 1.73. The fourth-order valence-corrected chi connectivity index (χ4v) is 1.95. The fraction of sp³-hybridized carbons (Fsp3) is 0.188. The molecule has 2 aromatic rings. The number of nitrogens with one attached hydrogen (secondary N) is 2. The second-order valence-corrected chi connectivity index (χ2v) is 5.14. The molecule has 1 aromatic heterocycles. The molecule has 0 unspecified atom stereocenters. The van der Waals surface area contributed by atoms with E-state index >= 15 is 0 Å². The summed E-state index contributed by atoms with van der Waals surface area (Å²) < 4.78 is 13.1. The molecule has 6 heteroatoms. The lowest BCUT2D eigenvalue weighted by Crippen LogP contribution is -2.26. The number of halogens is 1. The number of nitrogens with zero attached hydrogens (tertiary/aromatic N) is 1. The molecule has 0 bridgehead atoms. The van der Waals surface area contributed by atoms with Gasteiger partial charge in [-0.2, -0.15) is 0 Å². The van der Waals surface area contributed by atoms with Crippen LogP contribution >= 0.6 is 0 Å². The molecule has 112 valence electrons. The van der Waals surface area contributed by atoms with Crippen LogP contribution in [0.15, 0.2) is 42.6 Å². The Morgan fingerprint density at radius 1 is 1.14 bits per heavy atom. The van der Waals surface area contributed by atoms with Gasteiger partial charge >= 0.3 is 0 Å². The maximum absolute atomic E-state index is 13.1. The lowest BCUT2D eigenvalue weighted by molar-refractivity contribution is 0.0946. The first-order valence-corrected chi connectivity index (χ1v) is 6.95. The number of aromatic nitrogens is 1. The summed E-state index contributed by atoms with van der Waals surface area (Å²) in [4.78, 5) is 28.0. The molecule has 1 aromatic carbocycles. The van der Waals surface area contributed by atoms with E-state index in [-0.39, 0.29) is 17.6 Å². The lowest BCUT2D eigenvalue weighted by atomic mass is 10.2. The second-order valence-electron chi connectivity index (χ2n) is 5.14. The van der Waals surface area contributed by atoms with E-state index in [0.717, 1.165) is 12.8 Å². The number of rotatable bonds is 4. The third kappa shape index (κ3) is 3.46. The molecular formula is C16H14FN3O2. The molecule has 2 amide bonds. The average molecular weight is 299 g/mol. The molecule has 1 fully saturated rings. The molecule has 2 N–H and O–H groups in total. The van der Waals surface area contributed by atoms with Crippen LogP contribution in [0.2, 0.25) is 0 Å². The van der Waals surface area contributed by atoms with Crippen molar-refractivity contribution in [2.45, 2.75) is 18.9 Å². The topological polar surface area (TPSA) is 71.1 Å². The third-order valence-electron chi connectivity index (χ3n) is 3.25. The van der Waals surface area contributed by atoms with Crippen LogP contribution < -0.4 is 10.6 Å². The standard InChI is InChI=1S/C16H14FN3O2/c17-11-2-1-3-13(9-11)20-15(21)10-6-7-18-14(8-10)16(22)19-12-4-5-12/h1-3,6-9,12H,4-5H2,(H,19,22)(H,20,21). The quantitative estimate of drug-likeness (QED) is 0.910. The number of hydrogen-bond acceptors (Lipinski definition) is 3. The van der Waals surface area contributed by atoms with Gasteiger partial charge in [-0.25, -0.2) is 4.39 Å². The molecule has 22 heavy (non-hydrogen) atoms. The van der Waals surface area contributed by atoms with Crippen molar-refractivity contribution in [2.24, 2.45) is 0 Å². The minimum atomic E-state index is -0.433. The van der Waals surface area contributed by atoms with Gasteiger partial charge in [0, 0.05) is 23.5 Å². The molecule has 0 spiro atoms. The lowest BCUT2D eigenvalue weighted by Gasteiger charge is -2.07. The minimum Gasteiger partial charge on any atom is -0.348 e. The van der Waals surface area contributed by atoms with Gasteiger partial charge in [0.05, 0.1) is 0 Å². The van der Waals surface area contributed by atoms with Crippen molar-refractivity contribution in [3.8, 4) is 0 Å². The SMILES string of the molecule is O=C(Nc1cccc(F)c1)c1ccnc(C(=O)NC2CC2)c1. The Morgan fingerprint density at radius 2 is 1.95 bits per heavy atom. The molecule has 3 rings (SSSR count). The number of amides is 2. The van der Waals surface area contributed by atoms with Gasteiger partial charge in [-0.15, -0.1) is 0 Å². The Labute approximate surface area is 126 Å². The number of benzene rings is 1. The minimum absolute atomic E-state index is 0.193. The van der Waals surface area contributed by atoms with Crippen LogP contribution in [0, 0.1) is 5.82 Å². The van der Waals surface area contributed by atoms with Crippen LogP contribution in [0.25, 0.3) is 0 Å². The van der Waals surface area contributed by atoms with Gasteiger partial charge in [0.15, 0.2) is 0 Å². The summed E-state index contributed by atoms with van der Waals surface area (Å²) in [5.41, 5.74) is 0.838. The summed E-state index contributed by atoms with van der Waals surface area (Å²) >= 11 is 0. The molecule has 1 heterocycles. The molecule has 5 nitrogen and oxygen atoms in total. The van der Waals surface area contributed by atoms with E-state index in [0.29, 0.717) is 11.3 Å². The van der Waals surface area contributed by atoms with Gasteiger partial charge in [0.25, 0.3) is 11.8 Å². The van der Waals surface area contributed by atoms with Crippen molar-refractivity contribution in [3.63, 3.8) is 0 Å². The molecule has 0 atom stereocenters. The normalized spacial score (nSPS) is 13.5. The summed E-state index contributed by atoms with van der Waals surface area (Å²) in [6.45, 7) is 0. The zero-order valence-electron chi connectivity index (χ0n) is 11.7. The molecular weight excluding hydrogens is 285 g/mol. The fourth-order valence-electron chi connectivity index (χ4n) is 1.95. The first-order chi connectivity index (χ1) is 10.6. The molecule has 0 aliphatic heterocycles. The number of pyridine rings is 1. The second kappa shape index (κ2) is 5.93. The highest BCUT2D eigenvalue weighted by molar-refractivity contribution is 6.05. The highest BCUT2D eigenvalue weighted by atomic mass is 19.1. The van der Waals surface area contributed by atoms with Crippen LogP contribution in [0.1, 0.15) is 33.7 Å². The van der Waals surface area contributed by atoms with Crippen LogP contribution in [0.5, 0.6) is 0 Å². The maximum Gasteiger partial charge on any atom is 0.270 e. The largest absolute Gasteiger partial charge is 0.348 e. The van der Waals surface area contributed by atoms with E-state index in [9.17, 15) is 14.0 Å². The number of hydrogen-bond donors (Lipinski definition) is 2. The molecule has 0 radical (unpaired) electrons. The van der Waals surface area contributed by atoms with Crippen LogP contribution in [-0.2, 0) is 0 Å². The van der Waals surface area contributed by atoms with Gasteiger partial charge in [-0.3, -0.25) is 14.6 Å². The van der Waals surface area contributed by atoms with E-state index in [4.69, 9.17) is 0 Å². The van der Waals surface area contributed by atoms with Crippen molar-refractivity contribution in [3.05, 3.63) is 59.7 Å². The van der Waals surface area contributed by atoms with Crippen LogP contribution in [-0.4, -0.2) is 22.8 Å². The Bertz CT molecular complexity index is 729. The van der Waals surface area contributed by atoms with E-state index < -0.39 is 11.7 Å². The van der Waals surface area contributed by atoms with E-state index in [2.05, 4.69) is 15.6 Å². The summed E-state index contributed by atoms with van der Waals surface area (Å²) in [5, 5.41) is 5.39. The Hall–Kier alpha value is -2.76. The molecule has 1 aliphatic rings. The smallest absolute Gasteiger partial charge is 0.270 e. The molecule has 0 saturated heterocycles. The average Bonchev–Trinajstić information content (AvgIpc) is 3.31.